The molecule has 32 heavy (non-hydrogen) atoms. The summed E-state index contributed by atoms with van der Waals surface area (Å²) >= 11 is 0. The smallest absolute Gasteiger partial charge is 0.256 e. The van der Waals surface area contributed by atoms with E-state index >= 15 is 0 Å². The number of methoxy groups -OCH3 is 1. The first-order valence-corrected chi connectivity index (χ1v) is 10.2. The SMILES string of the molecule is C=C(CC)C(=O)N[C@@H]1CN(c2nc(Nc3cn(C)nc3OC)c3ncn(C)c3n2)C[C@H]1F. The van der Waals surface area contributed by atoms with Gasteiger partial charge in [0, 0.05) is 26.2 Å². The fourth-order valence-corrected chi connectivity index (χ4v) is 3.55. The van der Waals surface area contributed by atoms with Crippen LogP contribution in [0.3, 0.4) is 0 Å². The van der Waals surface area contributed by atoms with E-state index < -0.39 is 12.2 Å². The Labute approximate surface area is 184 Å². The van der Waals surface area contributed by atoms with E-state index in [2.05, 4.69) is 37.3 Å². The van der Waals surface area contributed by atoms with Crippen LogP contribution in [0.2, 0.25) is 0 Å². The zero-order chi connectivity index (χ0) is 23.0. The minimum absolute atomic E-state index is 0.0581. The first-order chi connectivity index (χ1) is 15.3. The van der Waals surface area contributed by atoms with Gasteiger partial charge in [0.25, 0.3) is 5.88 Å². The summed E-state index contributed by atoms with van der Waals surface area (Å²) in [7, 11) is 5.13. The molecule has 0 spiro atoms. The van der Waals surface area contributed by atoms with E-state index in [-0.39, 0.29) is 19.0 Å². The number of hydrogen-bond acceptors (Lipinski definition) is 8. The Kier molecular flexibility index (Phi) is 5.68. The molecule has 3 aromatic rings. The van der Waals surface area contributed by atoms with Gasteiger partial charge in [-0.1, -0.05) is 13.5 Å². The lowest BCUT2D eigenvalue weighted by molar-refractivity contribution is -0.118. The molecule has 12 heteroatoms. The van der Waals surface area contributed by atoms with Crippen molar-refractivity contribution in [1.29, 1.82) is 0 Å². The number of anilines is 3. The number of alkyl halides is 1. The second-order valence-electron chi connectivity index (χ2n) is 7.71. The van der Waals surface area contributed by atoms with Crippen molar-refractivity contribution in [2.45, 2.75) is 25.6 Å². The zero-order valence-corrected chi connectivity index (χ0v) is 18.5. The number of amides is 1. The molecule has 1 aliphatic heterocycles. The van der Waals surface area contributed by atoms with Gasteiger partial charge < -0.3 is 24.8 Å². The molecular weight excluding hydrogens is 417 g/mol. The molecule has 0 aromatic carbocycles. The van der Waals surface area contributed by atoms with Crippen molar-refractivity contribution in [2.75, 3.05) is 30.4 Å². The highest BCUT2D eigenvalue weighted by atomic mass is 19.1. The standard InChI is InChI=1S/C20H26FN9O2/c1-6-11(2)18(31)24-13-9-30(7-12(13)21)20-25-16(15-17(26-20)28(3)10-22-15)23-14-8-29(4)27-19(14)32-5/h8,10,12-13H,2,6-7,9H2,1,3-5H3,(H,24,31)(H,23,25,26)/t12-,13-/m1/s1. The number of carbonyl (C=O) groups excluding carboxylic acids is 1. The van der Waals surface area contributed by atoms with E-state index in [1.807, 2.05) is 14.0 Å². The largest absolute Gasteiger partial charge is 0.478 e. The Bertz CT molecular complexity index is 1170. The lowest BCUT2D eigenvalue weighted by atomic mass is 10.2. The molecule has 0 unspecified atom stereocenters. The van der Waals surface area contributed by atoms with Crippen molar-refractivity contribution in [3.63, 3.8) is 0 Å². The van der Waals surface area contributed by atoms with Crippen LogP contribution in [0.15, 0.2) is 24.7 Å². The van der Waals surface area contributed by atoms with Gasteiger partial charge in [0.1, 0.15) is 11.9 Å². The van der Waals surface area contributed by atoms with Crippen molar-refractivity contribution < 1.29 is 13.9 Å². The molecule has 4 heterocycles. The van der Waals surface area contributed by atoms with Crippen molar-refractivity contribution in [1.82, 2.24) is 34.6 Å². The van der Waals surface area contributed by atoms with Gasteiger partial charge in [-0.25, -0.2) is 9.37 Å². The predicted molar refractivity (Wildman–Crippen MR) is 118 cm³/mol. The van der Waals surface area contributed by atoms with E-state index in [1.54, 1.807) is 33.7 Å². The van der Waals surface area contributed by atoms with Gasteiger partial charge in [0.05, 0.1) is 32.2 Å². The molecule has 2 N–H and O–H groups in total. The van der Waals surface area contributed by atoms with Gasteiger partial charge in [-0.2, -0.15) is 9.97 Å². The fraction of sp³-hybridized carbons (Fsp3) is 0.450. The van der Waals surface area contributed by atoms with Crippen LogP contribution in [-0.4, -0.2) is 67.6 Å². The molecule has 0 radical (unpaired) electrons. The summed E-state index contributed by atoms with van der Waals surface area (Å²) < 4.78 is 23.4. The normalized spacial score (nSPS) is 18.2. The van der Waals surface area contributed by atoms with Crippen molar-refractivity contribution in [2.24, 2.45) is 14.1 Å². The highest BCUT2D eigenvalue weighted by Crippen LogP contribution is 2.30. The van der Waals surface area contributed by atoms with Gasteiger partial charge in [-0.3, -0.25) is 9.48 Å². The van der Waals surface area contributed by atoms with E-state index in [9.17, 15) is 9.18 Å². The number of nitrogens with zero attached hydrogens (tertiary/aromatic N) is 7. The minimum Gasteiger partial charge on any atom is -0.478 e. The van der Waals surface area contributed by atoms with E-state index in [0.717, 1.165) is 0 Å². The highest BCUT2D eigenvalue weighted by Gasteiger charge is 2.36. The van der Waals surface area contributed by atoms with Crippen LogP contribution in [0.5, 0.6) is 5.88 Å². The summed E-state index contributed by atoms with van der Waals surface area (Å²) in [6.07, 6.45) is 2.64. The minimum atomic E-state index is -1.26. The summed E-state index contributed by atoms with van der Waals surface area (Å²) in [4.78, 5) is 27.5. The molecule has 170 valence electrons. The Morgan fingerprint density at radius 1 is 1.34 bits per heavy atom. The number of imidazole rings is 1. The van der Waals surface area contributed by atoms with Gasteiger partial charge in [0.15, 0.2) is 17.0 Å². The summed E-state index contributed by atoms with van der Waals surface area (Å²) in [6, 6.07) is -0.675. The summed E-state index contributed by atoms with van der Waals surface area (Å²) in [5.41, 5.74) is 2.17. The number of nitrogens with one attached hydrogen (secondary N) is 2. The van der Waals surface area contributed by atoms with Crippen LogP contribution >= 0.6 is 0 Å². The maximum absolute atomic E-state index is 14.7. The maximum atomic E-state index is 14.7. The monoisotopic (exact) mass is 443 g/mol. The molecule has 1 amide bonds. The second-order valence-corrected chi connectivity index (χ2v) is 7.71. The van der Waals surface area contributed by atoms with Gasteiger partial charge in [-0.15, -0.1) is 5.10 Å². The summed E-state index contributed by atoms with van der Waals surface area (Å²) in [5.74, 6) is 0.844. The number of ether oxygens (including phenoxy) is 1. The topological polar surface area (TPSA) is 115 Å². The molecular formula is C20H26FN9O2. The van der Waals surface area contributed by atoms with E-state index in [4.69, 9.17) is 4.74 Å². The third-order valence-electron chi connectivity index (χ3n) is 5.38. The molecule has 2 atom stereocenters. The number of hydrogen-bond donors (Lipinski definition) is 2. The summed E-state index contributed by atoms with van der Waals surface area (Å²) in [5, 5.41) is 10.2. The quantitative estimate of drug-likeness (QED) is 0.528. The van der Waals surface area contributed by atoms with Crippen molar-refractivity contribution in [3.8, 4) is 5.88 Å². The van der Waals surface area contributed by atoms with Gasteiger partial charge in [0.2, 0.25) is 11.9 Å². The Hall–Kier alpha value is -3.70. The van der Waals surface area contributed by atoms with E-state index in [0.29, 0.717) is 46.5 Å². The molecule has 3 aromatic heterocycles. The molecule has 1 aliphatic rings. The number of aryl methyl sites for hydroxylation is 2. The highest BCUT2D eigenvalue weighted by molar-refractivity contribution is 5.93. The number of halogens is 1. The van der Waals surface area contributed by atoms with E-state index in [1.165, 1.54) is 7.11 Å². The lowest BCUT2D eigenvalue weighted by Gasteiger charge is -2.18. The number of aromatic nitrogens is 6. The fourth-order valence-electron chi connectivity index (χ4n) is 3.55. The summed E-state index contributed by atoms with van der Waals surface area (Å²) in [6.45, 7) is 5.84. The first-order valence-electron chi connectivity index (χ1n) is 10.2. The van der Waals surface area contributed by atoms with Crippen LogP contribution < -0.4 is 20.3 Å². The molecule has 11 nitrogen and oxygen atoms in total. The molecule has 4 rings (SSSR count). The molecule has 0 bridgehead atoms. The zero-order valence-electron chi connectivity index (χ0n) is 18.5. The average Bonchev–Trinajstić information content (AvgIpc) is 3.44. The second kappa shape index (κ2) is 8.44. The predicted octanol–water partition coefficient (Wildman–Crippen LogP) is 1.46. The van der Waals surface area contributed by atoms with Crippen LogP contribution in [-0.2, 0) is 18.9 Å². The van der Waals surface area contributed by atoms with Gasteiger partial charge in [-0.05, 0) is 6.42 Å². The number of rotatable bonds is 7. The van der Waals surface area contributed by atoms with Gasteiger partial charge >= 0.3 is 0 Å². The Morgan fingerprint density at radius 2 is 2.12 bits per heavy atom. The van der Waals surface area contributed by atoms with Crippen molar-refractivity contribution in [3.05, 3.63) is 24.7 Å². The average molecular weight is 443 g/mol. The Balaban J connectivity index is 1.64. The number of carbonyl (C=O) groups is 1. The molecule has 1 fully saturated rings. The molecule has 0 aliphatic carbocycles. The number of fused-ring (bicyclic) bond motifs is 1. The van der Waals surface area contributed by atoms with Crippen LogP contribution in [0.25, 0.3) is 11.2 Å². The van der Waals surface area contributed by atoms with Crippen molar-refractivity contribution >= 4 is 34.5 Å². The van der Waals surface area contributed by atoms with Crippen LogP contribution in [0, 0.1) is 0 Å². The third-order valence-corrected chi connectivity index (χ3v) is 5.38. The lowest BCUT2D eigenvalue weighted by Crippen LogP contribution is -2.42. The molecule has 0 saturated carbocycles. The van der Waals surface area contributed by atoms with Crippen LogP contribution in [0.1, 0.15) is 13.3 Å². The first kappa shape index (κ1) is 21.5. The maximum Gasteiger partial charge on any atom is 0.256 e. The Morgan fingerprint density at radius 3 is 2.84 bits per heavy atom. The molecule has 1 saturated heterocycles. The third kappa shape index (κ3) is 3.95. The van der Waals surface area contributed by atoms with Crippen LogP contribution in [0.4, 0.5) is 21.8 Å².